The lowest BCUT2D eigenvalue weighted by atomic mass is 9.95. The van der Waals surface area contributed by atoms with Crippen molar-refractivity contribution in [2.45, 2.75) is 37.9 Å². The van der Waals surface area contributed by atoms with E-state index in [1.165, 1.54) is 13.2 Å². The average Bonchev–Trinajstić information content (AvgIpc) is 2.61. The van der Waals surface area contributed by atoms with Gasteiger partial charge in [0.25, 0.3) is 0 Å². The zero-order valence-corrected chi connectivity index (χ0v) is 15.0. The molecule has 0 aliphatic carbocycles. The predicted octanol–water partition coefficient (Wildman–Crippen LogP) is -1.48. The molecule has 0 aliphatic heterocycles. The smallest absolute Gasteiger partial charge is 0.351 e. The summed E-state index contributed by atoms with van der Waals surface area (Å²) >= 11 is 0. The first kappa shape index (κ1) is 22.0. The van der Waals surface area contributed by atoms with Gasteiger partial charge in [-0.1, -0.05) is 13.8 Å². The Bertz CT molecular complexity index is 656. The minimum absolute atomic E-state index is 0.104. The summed E-state index contributed by atoms with van der Waals surface area (Å²) in [5.41, 5.74) is 13.9. The molecule has 148 valence electrons. The summed E-state index contributed by atoms with van der Waals surface area (Å²) in [7, 11) is 1.17. The molecule has 0 radical (unpaired) electrons. The molecule has 11 heteroatoms. The molecule has 1 aromatic heterocycles. The fraction of sp³-hybridized carbons (Fsp3) is 0.667. The van der Waals surface area contributed by atoms with E-state index in [2.05, 4.69) is 4.98 Å². The largest absolute Gasteiger partial charge is 0.453 e. The molecule has 0 bridgehead atoms. The van der Waals surface area contributed by atoms with Gasteiger partial charge in [0.1, 0.15) is 17.5 Å². The van der Waals surface area contributed by atoms with E-state index < -0.39 is 48.9 Å². The van der Waals surface area contributed by atoms with Crippen molar-refractivity contribution in [2.75, 3.05) is 26.0 Å². The van der Waals surface area contributed by atoms with Crippen LogP contribution >= 0.6 is 0 Å². The lowest BCUT2D eigenvalue weighted by molar-refractivity contribution is -0.195. The normalized spacial score (nSPS) is 17.4. The third-order valence-corrected chi connectivity index (χ3v) is 4.14. The van der Waals surface area contributed by atoms with E-state index in [4.69, 9.17) is 26.7 Å². The van der Waals surface area contributed by atoms with Crippen LogP contribution in [-0.4, -0.2) is 58.6 Å². The van der Waals surface area contributed by atoms with E-state index >= 15 is 4.39 Å². The van der Waals surface area contributed by atoms with Gasteiger partial charge < -0.3 is 31.8 Å². The number of halogens is 1. The number of carbonyl (C=O) groups excluding carboxylic acids is 1. The molecule has 0 saturated carbocycles. The maximum Gasteiger partial charge on any atom is 0.351 e. The van der Waals surface area contributed by atoms with Gasteiger partial charge in [-0.25, -0.2) is 9.18 Å². The highest BCUT2D eigenvalue weighted by molar-refractivity contribution is 5.76. The first-order valence-electron chi connectivity index (χ1n) is 7.94. The molecule has 26 heavy (non-hydrogen) atoms. The van der Waals surface area contributed by atoms with Crippen LogP contribution in [0.1, 0.15) is 20.1 Å². The molecule has 0 saturated heterocycles. The Morgan fingerprint density at radius 3 is 2.54 bits per heavy atom. The van der Waals surface area contributed by atoms with Crippen molar-refractivity contribution in [3.8, 4) is 0 Å². The Kier molecular flexibility index (Phi) is 7.63. The standard InChI is InChI=1S/C15H26FN5O5/c1-8(2)10(19)13(23)26-11(15(6-17,7-22)25-3)12(16)21-5-4-9(18)20-14(21)24/h4-5,8,10-12,22H,6-7,17,19H2,1-3H3,(H2,18,20,24)/t10?,11-,12-,15+/m0/s1. The third-order valence-electron chi connectivity index (χ3n) is 4.14. The monoisotopic (exact) mass is 375 g/mol. The number of alkyl halides is 1. The molecule has 0 amide bonds. The first-order chi connectivity index (χ1) is 12.1. The third kappa shape index (κ3) is 4.55. The summed E-state index contributed by atoms with van der Waals surface area (Å²) in [6.07, 6.45) is -2.97. The second-order valence-corrected chi connectivity index (χ2v) is 6.17. The van der Waals surface area contributed by atoms with Crippen LogP contribution in [0, 0.1) is 5.92 Å². The van der Waals surface area contributed by atoms with Crippen LogP contribution < -0.4 is 22.9 Å². The van der Waals surface area contributed by atoms with Crippen molar-refractivity contribution < 1.29 is 23.8 Å². The van der Waals surface area contributed by atoms with Crippen LogP contribution in [0.3, 0.4) is 0 Å². The molecule has 0 spiro atoms. The van der Waals surface area contributed by atoms with E-state index in [1.54, 1.807) is 13.8 Å². The quantitative estimate of drug-likeness (QED) is 0.376. The Balaban J connectivity index is 3.34. The first-order valence-corrected chi connectivity index (χ1v) is 7.94. The zero-order chi connectivity index (χ0) is 20.1. The van der Waals surface area contributed by atoms with Gasteiger partial charge in [-0.15, -0.1) is 0 Å². The van der Waals surface area contributed by atoms with E-state index in [0.29, 0.717) is 4.57 Å². The van der Waals surface area contributed by atoms with Gasteiger partial charge in [-0.2, -0.15) is 4.98 Å². The lowest BCUT2D eigenvalue weighted by Crippen LogP contribution is -2.59. The summed E-state index contributed by atoms with van der Waals surface area (Å²) in [4.78, 5) is 27.6. The Morgan fingerprint density at radius 1 is 1.50 bits per heavy atom. The highest BCUT2D eigenvalue weighted by Gasteiger charge is 2.47. The number of nitrogens with zero attached hydrogens (tertiary/aromatic N) is 2. The van der Waals surface area contributed by atoms with Crippen molar-refractivity contribution in [3.63, 3.8) is 0 Å². The number of aromatic nitrogens is 2. The number of hydrogen-bond acceptors (Lipinski definition) is 9. The Hall–Kier alpha value is -2.08. The number of hydrogen-bond donors (Lipinski definition) is 4. The van der Waals surface area contributed by atoms with Crippen LogP contribution in [0.5, 0.6) is 0 Å². The molecule has 0 aliphatic rings. The summed E-state index contributed by atoms with van der Waals surface area (Å²) < 4.78 is 26.1. The molecular weight excluding hydrogens is 349 g/mol. The number of nitrogens with two attached hydrogens (primary N) is 3. The molecule has 0 fully saturated rings. The van der Waals surface area contributed by atoms with E-state index in [0.717, 1.165) is 6.20 Å². The van der Waals surface area contributed by atoms with E-state index in [1.807, 2.05) is 0 Å². The number of anilines is 1. The SMILES string of the molecule is CO[C@](CN)(CO)[C@@H](OC(=O)C(N)C(C)C)[C@@H](F)n1ccc(N)nc1=O. The van der Waals surface area contributed by atoms with Crippen molar-refractivity contribution in [1.82, 2.24) is 9.55 Å². The number of ether oxygens (including phenoxy) is 2. The van der Waals surface area contributed by atoms with Gasteiger partial charge in [0, 0.05) is 19.9 Å². The van der Waals surface area contributed by atoms with Crippen LogP contribution in [0.4, 0.5) is 10.2 Å². The summed E-state index contributed by atoms with van der Waals surface area (Å²) in [6.45, 7) is 2.19. The lowest BCUT2D eigenvalue weighted by Gasteiger charge is -2.38. The number of esters is 1. The molecule has 1 heterocycles. The maximum absolute atomic E-state index is 15.2. The van der Waals surface area contributed by atoms with Crippen LogP contribution in [-0.2, 0) is 14.3 Å². The molecule has 1 aromatic rings. The maximum atomic E-state index is 15.2. The number of carbonyl (C=O) groups is 1. The van der Waals surface area contributed by atoms with Crippen LogP contribution in [0.25, 0.3) is 0 Å². The van der Waals surface area contributed by atoms with Gasteiger partial charge >= 0.3 is 11.7 Å². The van der Waals surface area contributed by atoms with Crippen LogP contribution in [0.15, 0.2) is 17.1 Å². The number of methoxy groups -OCH3 is 1. The number of aliphatic hydroxyl groups is 1. The summed E-state index contributed by atoms with van der Waals surface area (Å²) in [6, 6.07) is 0.153. The Labute approximate surface area is 150 Å². The van der Waals surface area contributed by atoms with E-state index in [9.17, 15) is 14.7 Å². The minimum Gasteiger partial charge on any atom is -0.453 e. The molecule has 4 atom stereocenters. The fourth-order valence-electron chi connectivity index (χ4n) is 2.18. The van der Waals surface area contributed by atoms with Gasteiger partial charge in [0.15, 0.2) is 6.10 Å². The van der Waals surface area contributed by atoms with Crippen molar-refractivity contribution >= 4 is 11.8 Å². The van der Waals surface area contributed by atoms with Crippen LogP contribution in [0.2, 0.25) is 0 Å². The topological polar surface area (TPSA) is 169 Å². The van der Waals surface area contributed by atoms with Gasteiger partial charge in [0.05, 0.1) is 6.61 Å². The highest BCUT2D eigenvalue weighted by Crippen LogP contribution is 2.28. The minimum atomic E-state index is -2.26. The van der Waals surface area contributed by atoms with Gasteiger partial charge in [0.2, 0.25) is 6.30 Å². The molecule has 1 rings (SSSR count). The van der Waals surface area contributed by atoms with Crippen molar-refractivity contribution in [2.24, 2.45) is 17.4 Å². The highest BCUT2D eigenvalue weighted by atomic mass is 19.1. The second-order valence-electron chi connectivity index (χ2n) is 6.17. The molecular formula is C15H26FN5O5. The molecule has 7 N–H and O–H groups in total. The fourth-order valence-corrected chi connectivity index (χ4v) is 2.18. The molecule has 10 nitrogen and oxygen atoms in total. The second kappa shape index (κ2) is 9.03. The zero-order valence-electron chi connectivity index (χ0n) is 15.0. The summed E-state index contributed by atoms with van der Waals surface area (Å²) in [5, 5.41) is 9.70. The van der Waals surface area contributed by atoms with Gasteiger partial charge in [-0.3, -0.25) is 9.36 Å². The number of nitrogen functional groups attached to an aromatic ring is 1. The summed E-state index contributed by atoms with van der Waals surface area (Å²) in [5.74, 6) is -1.31. The van der Waals surface area contributed by atoms with Crippen molar-refractivity contribution in [3.05, 3.63) is 22.7 Å². The van der Waals surface area contributed by atoms with E-state index in [-0.39, 0.29) is 11.7 Å². The average molecular weight is 375 g/mol. The van der Waals surface area contributed by atoms with Crippen molar-refractivity contribution in [1.29, 1.82) is 0 Å². The predicted molar refractivity (Wildman–Crippen MR) is 91.6 cm³/mol. The number of aliphatic hydroxyl groups excluding tert-OH is 1. The number of rotatable bonds is 9. The Morgan fingerprint density at radius 2 is 2.12 bits per heavy atom. The molecule has 1 unspecified atom stereocenters. The van der Waals surface area contributed by atoms with Gasteiger partial charge in [-0.05, 0) is 12.0 Å². The molecule has 0 aromatic carbocycles.